The first-order chi connectivity index (χ1) is 11.2. The van der Waals surface area contributed by atoms with E-state index in [1.165, 1.54) is 76.2 Å². The van der Waals surface area contributed by atoms with Gasteiger partial charge in [0.25, 0.3) is 0 Å². The summed E-state index contributed by atoms with van der Waals surface area (Å²) in [4.78, 5) is 0. The van der Waals surface area contributed by atoms with Crippen molar-refractivity contribution in [1.29, 1.82) is 0 Å². The average molecular weight is 318 g/mol. The van der Waals surface area contributed by atoms with Crippen molar-refractivity contribution >= 4 is 0 Å². The number of hydrogen-bond donors (Lipinski definition) is 1. The first kappa shape index (κ1) is 20.2. The lowest BCUT2D eigenvalue weighted by atomic mass is 10.0. The Morgan fingerprint density at radius 3 is 1.83 bits per heavy atom. The zero-order valence-corrected chi connectivity index (χ0v) is 15.8. The second-order valence-corrected chi connectivity index (χ2v) is 7.17. The minimum Gasteiger partial charge on any atom is -0.308 e. The Kier molecular flexibility index (Phi) is 12.0. The van der Waals surface area contributed by atoms with Gasteiger partial charge in [0.2, 0.25) is 0 Å². The molecule has 1 nitrogen and oxygen atoms in total. The largest absolute Gasteiger partial charge is 0.308 e. The standard InChI is InChI=1S/C22H39N/c1-4-5-6-7-8-9-10-11-12-14-17-20(2)23-21(3)22-18-15-13-16-19-22/h13,15-16,18-21,23H,4-12,14,17H2,1-3H3. The third kappa shape index (κ3) is 10.5. The van der Waals surface area contributed by atoms with Crippen molar-refractivity contribution < 1.29 is 0 Å². The Bertz CT molecular complexity index is 359. The molecule has 0 bridgehead atoms. The van der Waals surface area contributed by atoms with Crippen LogP contribution in [0, 0.1) is 0 Å². The van der Waals surface area contributed by atoms with E-state index in [0.717, 1.165) is 0 Å². The normalized spacial score (nSPS) is 13.9. The van der Waals surface area contributed by atoms with Gasteiger partial charge in [-0.25, -0.2) is 0 Å². The SMILES string of the molecule is CCCCCCCCCCCCC(C)NC(C)c1ccccc1. The van der Waals surface area contributed by atoms with E-state index in [1.54, 1.807) is 0 Å². The van der Waals surface area contributed by atoms with Crippen LogP contribution in [-0.4, -0.2) is 6.04 Å². The van der Waals surface area contributed by atoms with Gasteiger partial charge in [-0.05, 0) is 25.8 Å². The summed E-state index contributed by atoms with van der Waals surface area (Å²) in [6.07, 6.45) is 15.5. The van der Waals surface area contributed by atoms with Crippen LogP contribution in [0.5, 0.6) is 0 Å². The van der Waals surface area contributed by atoms with E-state index in [-0.39, 0.29) is 0 Å². The minimum atomic E-state index is 0.453. The van der Waals surface area contributed by atoms with Gasteiger partial charge >= 0.3 is 0 Å². The lowest BCUT2D eigenvalue weighted by molar-refractivity contribution is 0.435. The van der Waals surface area contributed by atoms with E-state index in [2.05, 4.69) is 56.4 Å². The maximum Gasteiger partial charge on any atom is 0.0294 e. The van der Waals surface area contributed by atoms with Crippen LogP contribution in [0.25, 0.3) is 0 Å². The third-order valence-corrected chi connectivity index (χ3v) is 4.82. The predicted molar refractivity (Wildman–Crippen MR) is 104 cm³/mol. The first-order valence-corrected chi connectivity index (χ1v) is 10.0. The number of benzene rings is 1. The van der Waals surface area contributed by atoms with Gasteiger partial charge in [-0.3, -0.25) is 0 Å². The zero-order valence-electron chi connectivity index (χ0n) is 15.8. The lowest BCUT2D eigenvalue weighted by Crippen LogP contribution is -2.28. The molecule has 0 saturated heterocycles. The van der Waals surface area contributed by atoms with E-state index in [0.29, 0.717) is 12.1 Å². The third-order valence-electron chi connectivity index (χ3n) is 4.82. The molecule has 2 unspecified atom stereocenters. The quantitative estimate of drug-likeness (QED) is 0.363. The predicted octanol–water partition coefficient (Wildman–Crippen LogP) is 7.04. The molecular weight excluding hydrogens is 278 g/mol. The van der Waals surface area contributed by atoms with Crippen LogP contribution < -0.4 is 5.32 Å². The van der Waals surface area contributed by atoms with Crippen molar-refractivity contribution in [2.45, 2.75) is 103 Å². The summed E-state index contributed by atoms with van der Waals surface area (Å²) >= 11 is 0. The molecule has 0 aliphatic heterocycles. The Morgan fingerprint density at radius 2 is 1.26 bits per heavy atom. The van der Waals surface area contributed by atoms with Gasteiger partial charge in [-0.1, -0.05) is 101 Å². The van der Waals surface area contributed by atoms with Crippen LogP contribution in [0.15, 0.2) is 30.3 Å². The van der Waals surface area contributed by atoms with Crippen molar-refractivity contribution in [2.24, 2.45) is 0 Å². The van der Waals surface area contributed by atoms with Gasteiger partial charge in [-0.2, -0.15) is 0 Å². The molecule has 1 aromatic carbocycles. The summed E-state index contributed by atoms with van der Waals surface area (Å²) in [5.74, 6) is 0. The maximum atomic E-state index is 3.73. The molecule has 0 heterocycles. The molecule has 2 atom stereocenters. The topological polar surface area (TPSA) is 12.0 Å². The summed E-state index contributed by atoms with van der Waals surface area (Å²) in [6, 6.07) is 11.8. The molecule has 1 heteroatoms. The highest BCUT2D eigenvalue weighted by Gasteiger charge is 2.08. The Morgan fingerprint density at radius 1 is 0.739 bits per heavy atom. The summed E-state index contributed by atoms with van der Waals surface area (Å²) in [5, 5.41) is 3.73. The molecule has 0 aliphatic rings. The molecule has 0 fully saturated rings. The van der Waals surface area contributed by atoms with Crippen molar-refractivity contribution in [3.8, 4) is 0 Å². The molecule has 0 amide bonds. The smallest absolute Gasteiger partial charge is 0.0294 e. The highest BCUT2D eigenvalue weighted by Crippen LogP contribution is 2.15. The van der Waals surface area contributed by atoms with Gasteiger partial charge in [0.05, 0.1) is 0 Å². The van der Waals surface area contributed by atoms with E-state index >= 15 is 0 Å². The monoisotopic (exact) mass is 317 g/mol. The summed E-state index contributed by atoms with van der Waals surface area (Å²) in [7, 11) is 0. The van der Waals surface area contributed by atoms with E-state index in [9.17, 15) is 0 Å². The summed E-state index contributed by atoms with van der Waals surface area (Å²) in [5.41, 5.74) is 1.39. The van der Waals surface area contributed by atoms with Crippen LogP contribution in [-0.2, 0) is 0 Å². The second-order valence-electron chi connectivity index (χ2n) is 7.17. The van der Waals surface area contributed by atoms with Crippen LogP contribution in [0.1, 0.15) is 103 Å². The van der Waals surface area contributed by atoms with Crippen LogP contribution in [0.2, 0.25) is 0 Å². The van der Waals surface area contributed by atoms with Crippen LogP contribution in [0.4, 0.5) is 0 Å². The number of nitrogens with one attached hydrogen (secondary N) is 1. The number of hydrogen-bond acceptors (Lipinski definition) is 1. The summed E-state index contributed by atoms with van der Waals surface area (Å²) < 4.78 is 0. The minimum absolute atomic E-state index is 0.453. The Labute approximate surface area is 145 Å². The molecule has 132 valence electrons. The van der Waals surface area contributed by atoms with Crippen molar-refractivity contribution in [3.63, 3.8) is 0 Å². The molecule has 1 rings (SSSR count). The number of rotatable bonds is 14. The maximum absolute atomic E-state index is 3.73. The Balaban J connectivity index is 1.95. The van der Waals surface area contributed by atoms with Gasteiger partial charge in [0.1, 0.15) is 0 Å². The van der Waals surface area contributed by atoms with Gasteiger partial charge in [0, 0.05) is 12.1 Å². The lowest BCUT2D eigenvalue weighted by Gasteiger charge is -2.20. The molecule has 0 saturated carbocycles. The van der Waals surface area contributed by atoms with Gasteiger partial charge in [-0.15, -0.1) is 0 Å². The van der Waals surface area contributed by atoms with Gasteiger partial charge < -0.3 is 5.32 Å². The Hall–Kier alpha value is -0.820. The fourth-order valence-corrected chi connectivity index (χ4v) is 3.29. The molecule has 1 N–H and O–H groups in total. The van der Waals surface area contributed by atoms with Gasteiger partial charge in [0.15, 0.2) is 0 Å². The van der Waals surface area contributed by atoms with E-state index < -0.39 is 0 Å². The van der Waals surface area contributed by atoms with Crippen molar-refractivity contribution in [2.75, 3.05) is 0 Å². The van der Waals surface area contributed by atoms with Crippen molar-refractivity contribution in [1.82, 2.24) is 5.32 Å². The second kappa shape index (κ2) is 13.6. The van der Waals surface area contributed by atoms with E-state index in [1.807, 2.05) is 0 Å². The number of unbranched alkanes of at least 4 members (excludes halogenated alkanes) is 9. The van der Waals surface area contributed by atoms with Crippen LogP contribution in [0.3, 0.4) is 0 Å². The van der Waals surface area contributed by atoms with Crippen molar-refractivity contribution in [3.05, 3.63) is 35.9 Å². The molecule has 23 heavy (non-hydrogen) atoms. The van der Waals surface area contributed by atoms with E-state index in [4.69, 9.17) is 0 Å². The fraction of sp³-hybridized carbons (Fsp3) is 0.727. The zero-order chi connectivity index (χ0) is 16.8. The highest BCUT2D eigenvalue weighted by atomic mass is 14.9. The molecule has 1 aromatic rings. The average Bonchev–Trinajstić information content (AvgIpc) is 2.57. The fourth-order valence-electron chi connectivity index (χ4n) is 3.29. The molecule has 0 spiro atoms. The first-order valence-electron chi connectivity index (χ1n) is 10.0. The molecule has 0 radical (unpaired) electrons. The molecule has 0 aromatic heterocycles. The molecular formula is C22H39N. The highest BCUT2D eigenvalue weighted by molar-refractivity contribution is 5.18. The summed E-state index contributed by atoms with van der Waals surface area (Å²) in [6.45, 7) is 6.88. The van der Waals surface area contributed by atoms with Crippen LogP contribution >= 0.6 is 0 Å². The molecule has 0 aliphatic carbocycles.